The lowest BCUT2D eigenvalue weighted by molar-refractivity contribution is 0.112. The third-order valence-corrected chi connectivity index (χ3v) is 2.81. The topological polar surface area (TPSA) is 29.5 Å². The second-order valence-corrected chi connectivity index (χ2v) is 4.64. The summed E-state index contributed by atoms with van der Waals surface area (Å²) < 4.78 is 4.78. The summed E-state index contributed by atoms with van der Waals surface area (Å²) in [6.45, 7) is 4.31. The van der Waals surface area contributed by atoms with Crippen molar-refractivity contribution in [3.8, 4) is 0 Å². The number of ether oxygens (including phenoxy) is 1. The first-order chi connectivity index (χ1) is 8.06. The molecule has 1 aromatic carbocycles. The minimum atomic E-state index is -0.292. The van der Waals surface area contributed by atoms with Crippen LogP contribution in [-0.2, 0) is 4.74 Å². The van der Waals surface area contributed by atoms with E-state index in [0.29, 0.717) is 5.92 Å². The second-order valence-electron chi connectivity index (χ2n) is 4.64. The maximum Gasteiger partial charge on any atom is 0.409 e. The summed E-state index contributed by atoms with van der Waals surface area (Å²) in [7, 11) is 3.20. The average Bonchev–Trinajstić information content (AvgIpc) is 2.35. The van der Waals surface area contributed by atoms with Crippen LogP contribution in [0, 0.1) is 5.92 Å². The number of nitrogens with zero attached hydrogens (tertiary/aromatic N) is 1. The zero-order chi connectivity index (χ0) is 12.8. The Balaban J connectivity index is 2.92. The molecule has 0 radical (unpaired) electrons. The lowest BCUT2D eigenvalue weighted by Gasteiger charge is -2.28. The van der Waals surface area contributed by atoms with Crippen molar-refractivity contribution in [3.63, 3.8) is 0 Å². The Labute approximate surface area is 103 Å². The molecule has 0 spiro atoms. The van der Waals surface area contributed by atoms with Gasteiger partial charge in [-0.25, -0.2) is 4.79 Å². The molecule has 0 saturated carbocycles. The van der Waals surface area contributed by atoms with Gasteiger partial charge in [-0.2, -0.15) is 0 Å². The molecule has 0 fully saturated rings. The minimum absolute atomic E-state index is 0.0728. The molecule has 3 nitrogen and oxygen atoms in total. The van der Waals surface area contributed by atoms with Gasteiger partial charge in [0.1, 0.15) is 0 Å². The number of methoxy groups -OCH3 is 1. The average molecular weight is 235 g/mol. The molecule has 94 valence electrons. The fourth-order valence-corrected chi connectivity index (χ4v) is 1.91. The van der Waals surface area contributed by atoms with Crippen molar-refractivity contribution in [2.75, 3.05) is 14.2 Å². The molecule has 1 unspecified atom stereocenters. The number of rotatable bonds is 4. The van der Waals surface area contributed by atoms with Gasteiger partial charge >= 0.3 is 6.09 Å². The van der Waals surface area contributed by atoms with Crippen LogP contribution in [0.3, 0.4) is 0 Å². The SMILES string of the molecule is COC(=O)N(C)C(CC(C)C)c1ccccc1. The Hall–Kier alpha value is -1.51. The van der Waals surface area contributed by atoms with Crippen LogP contribution in [0.4, 0.5) is 4.79 Å². The highest BCUT2D eigenvalue weighted by Crippen LogP contribution is 2.26. The minimum Gasteiger partial charge on any atom is -0.453 e. The Bertz CT molecular complexity index is 348. The Kier molecular flexibility index (Phi) is 5.01. The van der Waals surface area contributed by atoms with E-state index in [-0.39, 0.29) is 12.1 Å². The first-order valence-electron chi connectivity index (χ1n) is 5.92. The fraction of sp³-hybridized carbons (Fsp3) is 0.500. The number of hydrogen-bond donors (Lipinski definition) is 0. The molecule has 0 saturated heterocycles. The summed E-state index contributed by atoms with van der Waals surface area (Å²) in [5.41, 5.74) is 1.15. The summed E-state index contributed by atoms with van der Waals surface area (Å²) in [6.07, 6.45) is 0.634. The number of amides is 1. The van der Waals surface area contributed by atoms with Gasteiger partial charge in [-0.3, -0.25) is 0 Å². The van der Waals surface area contributed by atoms with E-state index in [9.17, 15) is 4.79 Å². The van der Waals surface area contributed by atoms with Crippen molar-refractivity contribution < 1.29 is 9.53 Å². The van der Waals surface area contributed by atoms with Crippen LogP contribution >= 0.6 is 0 Å². The molecule has 1 rings (SSSR count). The zero-order valence-electron chi connectivity index (χ0n) is 11.0. The van der Waals surface area contributed by atoms with Gasteiger partial charge in [-0.15, -0.1) is 0 Å². The van der Waals surface area contributed by atoms with Crippen molar-refractivity contribution in [1.29, 1.82) is 0 Å². The third kappa shape index (κ3) is 3.77. The molecular formula is C14H21NO2. The fourth-order valence-electron chi connectivity index (χ4n) is 1.91. The van der Waals surface area contributed by atoms with Crippen LogP contribution < -0.4 is 0 Å². The summed E-state index contributed by atoms with van der Waals surface area (Å²) in [5, 5.41) is 0. The highest BCUT2D eigenvalue weighted by Gasteiger charge is 2.22. The van der Waals surface area contributed by atoms with Crippen LogP contribution in [0.2, 0.25) is 0 Å². The molecule has 1 amide bonds. The number of hydrogen-bond acceptors (Lipinski definition) is 2. The van der Waals surface area contributed by atoms with Gasteiger partial charge in [0.15, 0.2) is 0 Å². The van der Waals surface area contributed by atoms with Gasteiger partial charge in [-0.1, -0.05) is 44.2 Å². The van der Waals surface area contributed by atoms with Gasteiger partial charge in [-0.05, 0) is 17.9 Å². The van der Waals surface area contributed by atoms with Crippen LogP contribution in [0.15, 0.2) is 30.3 Å². The predicted molar refractivity (Wildman–Crippen MR) is 68.8 cm³/mol. The van der Waals surface area contributed by atoms with Gasteiger partial charge in [0.05, 0.1) is 13.2 Å². The van der Waals surface area contributed by atoms with Gasteiger partial charge in [0.25, 0.3) is 0 Å². The highest BCUT2D eigenvalue weighted by molar-refractivity contribution is 5.67. The van der Waals surface area contributed by atoms with Crippen molar-refractivity contribution >= 4 is 6.09 Å². The summed E-state index contributed by atoms with van der Waals surface area (Å²) in [4.78, 5) is 13.3. The standard InChI is InChI=1S/C14H21NO2/c1-11(2)10-13(15(3)14(16)17-4)12-8-6-5-7-9-12/h5-9,11,13H,10H2,1-4H3. The molecular weight excluding hydrogens is 214 g/mol. The third-order valence-electron chi connectivity index (χ3n) is 2.81. The molecule has 0 aliphatic rings. The molecule has 0 aromatic heterocycles. The smallest absolute Gasteiger partial charge is 0.409 e. The molecule has 0 bridgehead atoms. The first kappa shape index (κ1) is 13.6. The number of carbonyl (C=O) groups is 1. The van der Waals surface area contributed by atoms with Crippen molar-refractivity contribution in [1.82, 2.24) is 4.90 Å². The number of carbonyl (C=O) groups excluding carboxylic acids is 1. The Morgan fingerprint density at radius 2 is 1.88 bits per heavy atom. The lowest BCUT2D eigenvalue weighted by Crippen LogP contribution is -2.31. The molecule has 17 heavy (non-hydrogen) atoms. The maximum absolute atomic E-state index is 11.6. The monoisotopic (exact) mass is 235 g/mol. The van der Waals surface area contributed by atoms with E-state index in [4.69, 9.17) is 4.74 Å². The van der Waals surface area contributed by atoms with E-state index >= 15 is 0 Å². The predicted octanol–water partition coefficient (Wildman–Crippen LogP) is 3.47. The highest BCUT2D eigenvalue weighted by atomic mass is 16.5. The van der Waals surface area contributed by atoms with Gasteiger partial charge in [0.2, 0.25) is 0 Å². The van der Waals surface area contributed by atoms with Crippen LogP contribution in [-0.4, -0.2) is 25.2 Å². The Morgan fingerprint density at radius 3 is 2.35 bits per heavy atom. The summed E-state index contributed by atoms with van der Waals surface area (Å²) in [5.74, 6) is 0.521. The largest absolute Gasteiger partial charge is 0.453 e. The molecule has 0 aliphatic carbocycles. The maximum atomic E-state index is 11.6. The quantitative estimate of drug-likeness (QED) is 0.799. The molecule has 1 aromatic rings. The second kappa shape index (κ2) is 6.28. The van der Waals surface area contributed by atoms with Crippen LogP contribution in [0.5, 0.6) is 0 Å². The zero-order valence-corrected chi connectivity index (χ0v) is 11.0. The summed E-state index contributed by atoms with van der Waals surface area (Å²) >= 11 is 0. The summed E-state index contributed by atoms with van der Waals surface area (Å²) in [6, 6.07) is 10.1. The van der Waals surface area contributed by atoms with Gasteiger partial charge in [0, 0.05) is 7.05 Å². The van der Waals surface area contributed by atoms with E-state index in [2.05, 4.69) is 13.8 Å². The van der Waals surface area contributed by atoms with Crippen molar-refractivity contribution in [2.24, 2.45) is 5.92 Å². The molecule has 3 heteroatoms. The Morgan fingerprint density at radius 1 is 1.29 bits per heavy atom. The van der Waals surface area contributed by atoms with E-state index in [1.54, 1.807) is 11.9 Å². The van der Waals surface area contributed by atoms with Crippen LogP contribution in [0.1, 0.15) is 31.9 Å². The molecule has 0 N–H and O–H groups in total. The van der Waals surface area contributed by atoms with Crippen LogP contribution in [0.25, 0.3) is 0 Å². The lowest BCUT2D eigenvalue weighted by atomic mass is 9.96. The van der Waals surface area contributed by atoms with Crippen molar-refractivity contribution in [2.45, 2.75) is 26.3 Å². The van der Waals surface area contributed by atoms with Crippen molar-refractivity contribution in [3.05, 3.63) is 35.9 Å². The normalized spacial score (nSPS) is 12.3. The number of benzene rings is 1. The van der Waals surface area contributed by atoms with E-state index in [1.807, 2.05) is 30.3 Å². The van der Waals surface area contributed by atoms with E-state index < -0.39 is 0 Å². The van der Waals surface area contributed by atoms with E-state index in [0.717, 1.165) is 12.0 Å². The molecule has 0 aliphatic heterocycles. The molecule has 1 atom stereocenters. The van der Waals surface area contributed by atoms with E-state index in [1.165, 1.54) is 7.11 Å². The first-order valence-corrected chi connectivity index (χ1v) is 5.92. The molecule has 0 heterocycles. The van der Waals surface area contributed by atoms with Gasteiger partial charge < -0.3 is 9.64 Å².